The molecule has 19 heavy (non-hydrogen) atoms. The second-order valence-corrected chi connectivity index (χ2v) is 4.70. The topological polar surface area (TPSA) is 67.7 Å². The van der Waals surface area contributed by atoms with Crippen molar-refractivity contribution in [2.75, 3.05) is 17.7 Å². The summed E-state index contributed by atoms with van der Waals surface area (Å²) in [6.07, 6.45) is 5.29. The van der Waals surface area contributed by atoms with Crippen LogP contribution in [-0.4, -0.2) is 26.6 Å². The third kappa shape index (κ3) is 2.83. The molecule has 2 rings (SSSR count). The van der Waals surface area contributed by atoms with E-state index in [1.165, 1.54) is 0 Å². The van der Waals surface area contributed by atoms with Crippen LogP contribution in [0, 0.1) is 0 Å². The minimum absolute atomic E-state index is 0.340. The lowest BCUT2D eigenvalue weighted by atomic mass is 10.0. The Morgan fingerprint density at radius 3 is 2.53 bits per heavy atom. The maximum absolute atomic E-state index is 4.34. The van der Waals surface area contributed by atoms with Crippen molar-refractivity contribution in [1.82, 2.24) is 19.5 Å². The first-order valence-corrected chi connectivity index (χ1v) is 6.36. The number of imidazole rings is 1. The molecule has 0 spiro atoms. The summed E-state index contributed by atoms with van der Waals surface area (Å²) in [4.78, 5) is 12.9. The molecule has 6 nitrogen and oxygen atoms in total. The highest BCUT2D eigenvalue weighted by Gasteiger charge is 2.14. The molecule has 0 aliphatic carbocycles. The van der Waals surface area contributed by atoms with Gasteiger partial charge in [-0.2, -0.15) is 0 Å². The molecule has 0 unspecified atom stereocenters. The van der Waals surface area contributed by atoms with Crippen molar-refractivity contribution in [1.29, 1.82) is 0 Å². The maximum atomic E-state index is 4.34. The predicted molar refractivity (Wildman–Crippen MR) is 76.2 cm³/mol. The summed E-state index contributed by atoms with van der Waals surface area (Å²) in [7, 11) is 3.85. The normalized spacial score (nSPS) is 10.8. The summed E-state index contributed by atoms with van der Waals surface area (Å²) >= 11 is 0. The van der Waals surface area contributed by atoms with Gasteiger partial charge in [0.2, 0.25) is 0 Å². The number of hydrogen-bond donors (Lipinski definition) is 2. The molecule has 2 heterocycles. The molecule has 2 N–H and O–H groups in total. The standard InChI is InChI=1S/C13H20N6/c1-9(2)11-12(14-3)17-8-18-13(11)16-7-10-15-5-6-19(10)4/h5-6,8-9H,7H2,1-4H3,(H2,14,16,17,18). The van der Waals surface area contributed by atoms with E-state index in [-0.39, 0.29) is 0 Å². The minimum atomic E-state index is 0.340. The first kappa shape index (κ1) is 13.3. The average molecular weight is 260 g/mol. The Balaban J connectivity index is 2.22. The fraction of sp³-hybridized carbons (Fsp3) is 0.462. The zero-order valence-electron chi connectivity index (χ0n) is 11.8. The van der Waals surface area contributed by atoms with Crippen molar-refractivity contribution in [3.05, 3.63) is 30.1 Å². The smallest absolute Gasteiger partial charge is 0.135 e. The molecule has 0 bridgehead atoms. The zero-order chi connectivity index (χ0) is 13.8. The Morgan fingerprint density at radius 1 is 1.21 bits per heavy atom. The van der Waals surface area contributed by atoms with Gasteiger partial charge in [0.15, 0.2) is 0 Å². The minimum Gasteiger partial charge on any atom is -0.373 e. The molecule has 0 aromatic carbocycles. The molecule has 0 fully saturated rings. The van der Waals surface area contributed by atoms with E-state index in [1.807, 2.05) is 24.9 Å². The van der Waals surface area contributed by atoms with Gasteiger partial charge in [-0.05, 0) is 5.92 Å². The molecule has 0 atom stereocenters. The van der Waals surface area contributed by atoms with Crippen LogP contribution in [0.4, 0.5) is 11.6 Å². The van der Waals surface area contributed by atoms with Crippen molar-refractivity contribution >= 4 is 11.6 Å². The van der Waals surface area contributed by atoms with Crippen LogP contribution < -0.4 is 10.6 Å². The lowest BCUT2D eigenvalue weighted by Gasteiger charge is -2.16. The van der Waals surface area contributed by atoms with Gasteiger partial charge in [0, 0.05) is 32.1 Å². The third-order valence-corrected chi connectivity index (χ3v) is 3.03. The number of hydrogen-bond acceptors (Lipinski definition) is 5. The fourth-order valence-electron chi connectivity index (χ4n) is 2.01. The van der Waals surface area contributed by atoms with E-state index in [4.69, 9.17) is 0 Å². The summed E-state index contributed by atoms with van der Waals surface area (Å²) in [6, 6.07) is 0. The SMILES string of the molecule is CNc1ncnc(NCc2nccn2C)c1C(C)C. The summed E-state index contributed by atoms with van der Waals surface area (Å²) in [5.41, 5.74) is 1.10. The summed E-state index contributed by atoms with van der Waals surface area (Å²) in [6.45, 7) is 4.90. The highest BCUT2D eigenvalue weighted by Crippen LogP contribution is 2.28. The van der Waals surface area contributed by atoms with Gasteiger partial charge in [0.25, 0.3) is 0 Å². The summed E-state index contributed by atoms with van der Waals surface area (Å²) in [5.74, 6) is 3.04. The monoisotopic (exact) mass is 260 g/mol. The van der Waals surface area contributed by atoms with Crippen molar-refractivity contribution in [3.63, 3.8) is 0 Å². The number of nitrogens with zero attached hydrogens (tertiary/aromatic N) is 4. The van der Waals surface area contributed by atoms with Crippen LogP contribution in [0.15, 0.2) is 18.7 Å². The molecular weight excluding hydrogens is 240 g/mol. The Kier molecular flexibility index (Phi) is 3.99. The second kappa shape index (κ2) is 5.69. The van der Waals surface area contributed by atoms with Crippen LogP contribution in [-0.2, 0) is 13.6 Å². The van der Waals surface area contributed by atoms with E-state index in [9.17, 15) is 0 Å². The van der Waals surface area contributed by atoms with Crippen molar-refractivity contribution in [3.8, 4) is 0 Å². The van der Waals surface area contributed by atoms with Crippen molar-refractivity contribution < 1.29 is 0 Å². The largest absolute Gasteiger partial charge is 0.373 e. The molecule has 0 amide bonds. The van der Waals surface area contributed by atoms with Crippen LogP contribution in [0.5, 0.6) is 0 Å². The number of aryl methyl sites for hydroxylation is 1. The molecule has 102 valence electrons. The molecular formula is C13H20N6. The molecule has 2 aromatic rings. The van der Waals surface area contributed by atoms with Crippen LogP contribution in [0.3, 0.4) is 0 Å². The Bertz CT molecular complexity index is 546. The lowest BCUT2D eigenvalue weighted by Crippen LogP contribution is -2.11. The van der Waals surface area contributed by atoms with Gasteiger partial charge in [0.1, 0.15) is 23.8 Å². The van der Waals surface area contributed by atoms with Crippen LogP contribution >= 0.6 is 0 Å². The van der Waals surface area contributed by atoms with Gasteiger partial charge in [0.05, 0.1) is 6.54 Å². The molecule has 0 saturated carbocycles. The Morgan fingerprint density at radius 2 is 1.95 bits per heavy atom. The van der Waals surface area contributed by atoms with E-state index >= 15 is 0 Å². The molecule has 6 heteroatoms. The third-order valence-electron chi connectivity index (χ3n) is 3.03. The number of anilines is 2. The van der Waals surface area contributed by atoms with E-state index in [1.54, 1.807) is 12.5 Å². The molecule has 0 radical (unpaired) electrons. The molecule has 0 saturated heterocycles. The highest BCUT2D eigenvalue weighted by atomic mass is 15.1. The van der Waals surface area contributed by atoms with Gasteiger partial charge >= 0.3 is 0 Å². The van der Waals surface area contributed by atoms with Gasteiger partial charge in [-0.15, -0.1) is 0 Å². The highest BCUT2D eigenvalue weighted by molar-refractivity contribution is 5.58. The Hall–Kier alpha value is -2.11. The summed E-state index contributed by atoms with van der Waals surface area (Å²) in [5, 5.41) is 6.45. The van der Waals surface area contributed by atoms with Gasteiger partial charge < -0.3 is 15.2 Å². The Labute approximate surface area is 113 Å². The van der Waals surface area contributed by atoms with Gasteiger partial charge in [-0.3, -0.25) is 0 Å². The second-order valence-electron chi connectivity index (χ2n) is 4.70. The first-order valence-electron chi connectivity index (χ1n) is 6.36. The van der Waals surface area contributed by atoms with Crippen molar-refractivity contribution in [2.45, 2.75) is 26.3 Å². The van der Waals surface area contributed by atoms with E-state index < -0.39 is 0 Å². The molecule has 0 aliphatic rings. The van der Waals surface area contributed by atoms with Crippen LogP contribution in [0.25, 0.3) is 0 Å². The number of rotatable bonds is 5. The molecule has 2 aromatic heterocycles. The van der Waals surface area contributed by atoms with Crippen LogP contribution in [0.1, 0.15) is 31.2 Å². The lowest BCUT2D eigenvalue weighted by molar-refractivity contribution is 0.801. The number of nitrogens with one attached hydrogen (secondary N) is 2. The number of aromatic nitrogens is 4. The predicted octanol–water partition coefficient (Wildman–Crippen LogP) is 1.99. The maximum Gasteiger partial charge on any atom is 0.135 e. The van der Waals surface area contributed by atoms with Gasteiger partial charge in [-0.1, -0.05) is 13.8 Å². The van der Waals surface area contributed by atoms with Crippen LogP contribution in [0.2, 0.25) is 0 Å². The van der Waals surface area contributed by atoms with E-state index in [0.29, 0.717) is 12.5 Å². The zero-order valence-corrected chi connectivity index (χ0v) is 11.8. The average Bonchev–Trinajstić information content (AvgIpc) is 2.81. The van der Waals surface area contributed by atoms with Crippen molar-refractivity contribution in [2.24, 2.45) is 7.05 Å². The van der Waals surface area contributed by atoms with Gasteiger partial charge in [-0.25, -0.2) is 15.0 Å². The van der Waals surface area contributed by atoms with E-state index in [2.05, 4.69) is 39.4 Å². The fourth-order valence-corrected chi connectivity index (χ4v) is 2.01. The van der Waals surface area contributed by atoms with E-state index in [0.717, 1.165) is 23.0 Å². The summed E-state index contributed by atoms with van der Waals surface area (Å²) < 4.78 is 1.99. The quantitative estimate of drug-likeness (QED) is 0.860. The first-order chi connectivity index (χ1) is 9.13. The molecule has 0 aliphatic heterocycles.